The van der Waals surface area contributed by atoms with E-state index in [2.05, 4.69) is 150 Å². The Labute approximate surface area is 303 Å². The maximum absolute atomic E-state index is 6.90. The minimum atomic E-state index is -0.0463. The first kappa shape index (κ1) is 27.7. The molecule has 0 unspecified atom stereocenters. The van der Waals surface area contributed by atoms with E-state index in [1.165, 1.54) is 38.6 Å². The van der Waals surface area contributed by atoms with Gasteiger partial charge in [-0.25, -0.2) is 0 Å². The van der Waals surface area contributed by atoms with Crippen LogP contribution in [0.2, 0.25) is 0 Å². The summed E-state index contributed by atoms with van der Waals surface area (Å²) in [5, 5.41) is 6.65. The van der Waals surface area contributed by atoms with Gasteiger partial charge in [-0.05, 0) is 57.9 Å². The first-order chi connectivity index (χ1) is 26.3. The Morgan fingerprint density at radius 1 is 0.377 bits per heavy atom. The molecule has 0 amide bonds. The van der Waals surface area contributed by atoms with Crippen LogP contribution in [0.1, 0.15) is 0 Å². The fourth-order valence-corrected chi connectivity index (χ4v) is 9.54. The molecule has 2 aliphatic heterocycles. The number of para-hydroxylation sites is 4. The fourth-order valence-electron chi connectivity index (χ4n) is 9.54. The normalized spacial score (nSPS) is 13.2. The molecule has 53 heavy (non-hydrogen) atoms. The summed E-state index contributed by atoms with van der Waals surface area (Å²) < 4.78 is 20.5. The first-order valence-electron chi connectivity index (χ1n) is 18.1. The van der Waals surface area contributed by atoms with Crippen LogP contribution in [-0.2, 0) is 0 Å². The quantitative estimate of drug-likeness (QED) is 0.171. The molecular formula is C48H26BNO3. The molecule has 13 rings (SSSR count). The summed E-state index contributed by atoms with van der Waals surface area (Å²) in [6.07, 6.45) is 0. The zero-order valence-electron chi connectivity index (χ0n) is 28.3. The molecule has 8 aromatic carbocycles. The van der Waals surface area contributed by atoms with Crippen molar-refractivity contribution < 1.29 is 13.3 Å². The number of benzene rings is 8. The Balaban J connectivity index is 1.22. The molecule has 0 bridgehead atoms. The predicted octanol–water partition coefficient (Wildman–Crippen LogP) is 11.3. The van der Waals surface area contributed by atoms with Crippen LogP contribution in [0.3, 0.4) is 0 Å². The van der Waals surface area contributed by atoms with Crippen molar-refractivity contribution in [3.63, 3.8) is 0 Å². The smallest absolute Gasteiger partial charge is 0.248 e. The minimum Gasteiger partial charge on any atom is -0.455 e. The summed E-state index contributed by atoms with van der Waals surface area (Å²) >= 11 is 0. The fraction of sp³-hybridized carbons (Fsp3) is 0. The highest BCUT2D eigenvalue weighted by Gasteiger charge is 2.46. The van der Waals surface area contributed by atoms with Gasteiger partial charge in [-0.2, -0.15) is 0 Å². The van der Waals surface area contributed by atoms with Crippen LogP contribution in [-0.4, -0.2) is 6.71 Å². The lowest BCUT2D eigenvalue weighted by Gasteiger charge is -2.36. The maximum Gasteiger partial charge on any atom is 0.248 e. The van der Waals surface area contributed by atoms with Crippen LogP contribution in [0.4, 0.5) is 17.1 Å². The van der Waals surface area contributed by atoms with E-state index >= 15 is 0 Å². The first-order valence-corrected chi connectivity index (χ1v) is 18.1. The Kier molecular flexibility index (Phi) is 5.16. The molecule has 0 radical (unpaired) electrons. The Morgan fingerprint density at radius 3 is 1.66 bits per heavy atom. The van der Waals surface area contributed by atoms with Crippen molar-refractivity contribution in [2.45, 2.75) is 0 Å². The topological polar surface area (TPSA) is 42.7 Å². The minimum absolute atomic E-state index is 0.0463. The van der Waals surface area contributed by atoms with Crippen molar-refractivity contribution in [2.24, 2.45) is 0 Å². The van der Waals surface area contributed by atoms with Gasteiger partial charge in [0.2, 0.25) is 6.71 Å². The molecule has 5 heteroatoms. The summed E-state index contributed by atoms with van der Waals surface area (Å²) in [6.45, 7) is -0.0463. The predicted molar refractivity (Wildman–Crippen MR) is 218 cm³/mol. The molecule has 0 aliphatic carbocycles. The van der Waals surface area contributed by atoms with E-state index < -0.39 is 0 Å². The zero-order chi connectivity index (χ0) is 34.4. The van der Waals surface area contributed by atoms with Crippen molar-refractivity contribution in [1.82, 2.24) is 0 Å². The van der Waals surface area contributed by atoms with Gasteiger partial charge < -0.3 is 18.2 Å². The number of fused-ring (bicyclic) bond motifs is 16. The highest BCUT2D eigenvalue weighted by atomic mass is 16.3. The van der Waals surface area contributed by atoms with Crippen molar-refractivity contribution in [3.05, 3.63) is 158 Å². The largest absolute Gasteiger partial charge is 0.455 e. The van der Waals surface area contributed by atoms with Crippen LogP contribution < -0.4 is 21.3 Å². The SMILES string of the molecule is c1ccc(-c2ccc3c4c2-c2c(ccc5c2oc2ccccc25)B4c2ccc4c(oc5ccccc54)c2N3c2cccc3c2oc2ccccc23)cc1. The average Bonchev–Trinajstić information content (AvgIpc) is 3.98. The van der Waals surface area contributed by atoms with Crippen molar-refractivity contribution in [2.75, 3.05) is 4.90 Å². The average molecular weight is 676 g/mol. The van der Waals surface area contributed by atoms with Crippen molar-refractivity contribution in [3.8, 4) is 22.3 Å². The molecule has 0 saturated heterocycles. The maximum atomic E-state index is 6.90. The molecule has 0 fully saturated rings. The summed E-state index contributed by atoms with van der Waals surface area (Å²) in [7, 11) is 0. The number of hydrogen-bond acceptors (Lipinski definition) is 4. The third-order valence-electron chi connectivity index (χ3n) is 11.7. The molecule has 0 atom stereocenters. The van der Waals surface area contributed by atoms with E-state index in [-0.39, 0.29) is 6.71 Å². The standard InChI is InChI=1S/C48H26BNO3/c1-2-11-27(12-3-1)28-23-26-37-44-42(28)43-35(24-21-33-30-14-5-8-19-40(30)52-47(33)43)49(44)36-25-22-34-31-15-6-9-20-41(31)53-48(34)45(36)50(37)38-17-10-16-32-29-13-4-7-18-39(29)51-46(32)38/h1-26H. The van der Waals surface area contributed by atoms with Crippen LogP contribution in [0.25, 0.3) is 88.1 Å². The number of furan rings is 3. The van der Waals surface area contributed by atoms with Gasteiger partial charge in [0.25, 0.3) is 0 Å². The summed E-state index contributed by atoms with van der Waals surface area (Å²) in [5.41, 5.74) is 16.9. The zero-order valence-corrected chi connectivity index (χ0v) is 28.3. The monoisotopic (exact) mass is 675 g/mol. The van der Waals surface area contributed by atoms with Crippen LogP contribution >= 0.6 is 0 Å². The third-order valence-corrected chi connectivity index (χ3v) is 11.7. The van der Waals surface area contributed by atoms with Gasteiger partial charge in [0.15, 0.2) is 11.2 Å². The highest BCUT2D eigenvalue weighted by Crippen LogP contribution is 2.51. The van der Waals surface area contributed by atoms with E-state index in [1.54, 1.807) is 0 Å². The van der Waals surface area contributed by atoms with E-state index in [1.807, 2.05) is 12.1 Å². The van der Waals surface area contributed by atoms with Crippen LogP contribution in [0.5, 0.6) is 0 Å². The molecule has 0 spiro atoms. The van der Waals surface area contributed by atoms with Gasteiger partial charge in [0, 0.05) is 43.6 Å². The second-order valence-electron chi connectivity index (χ2n) is 14.3. The molecule has 5 heterocycles. The van der Waals surface area contributed by atoms with Crippen molar-refractivity contribution in [1.29, 1.82) is 0 Å². The van der Waals surface area contributed by atoms with Gasteiger partial charge in [0.1, 0.15) is 22.3 Å². The van der Waals surface area contributed by atoms with Crippen LogP contribution in [0.15, 0.2) is 171 Å². The van der Waals surface area contributed by atoms with E-state index in [0.29, 0.717) is 0 Å². The number of anilines is 3. The number of rotatable bonds is 2. The van der Waals surface area contributed by atoms with Gasteiger partial charge in [0.05, 0.1) is 11.4 Å². The summed E-state index contributed by atoms with van der Waals surface area (Å²) in [5.74, 6) is 0. The molecule has 0 N–H and O–H groups in total. The third kappa shape index (κ3) is 3.47. The van der Waals surface area contributed by atoms with E-state index in [9.17, 15) is 0 Å². The Hall–Kier alpha value is -6.98. The summed E-state index contributed by atoms with van der Waals surface area (Å²) in [4.78, 5) is 2.41. The molecule has 11 aromatic rings. The molecule has 3 aromatic heterocycles. The molecular weight excluding hydrogens is 649 g/mol. The second kappa shape index (κ2) is 9.87. The lowest BCUT2D eigenvalue weighted by molar-refractivity contribution is 0.666. The number of nitrogens with zero attached hydrogens (tertiary/aromatic N) is 1. The molecule has 2 aliphatic rings. The summed E-state index contributed by atoms with van der Waals surface area (Å²) in [6, 6.07) is 56.1. The van der Waals surface area contributed by atoms with Crippen molar-refractivity contribution >= 4 is 106 Å². The van der Waals surface area contributed by atoms with Gasteiger partial charge in [-0.1, -0.05) is 133 Å². The Morgan fingerprint density at radius 2 is 0.943 bits per heavy atom. The van der Waals surface area contributed by atoms with Gasteiger partial charge in [-0.3, -0.25) is 0 Å². The van der Waals surface area contributed by atoms with E-state index in [4.69, 9.17) is 13.3 Å². The molecule has 4 nitrogen and oxygen atoms in total. The highest BCUT2D eigenvalue weighted by molar-refractivity contribution is 7.02. The van der Waals surface area contributed by atoms with E-state index in [0.717, 1.165) is 82.9 Å². The van der Waals surface area contributed by atoms with Gasteiger partial charge >= 0.3 is 0 Å². The Bertz CT molecular complexity index is 3370. The lowest BCUT2D eigenvalue weighted by atomic mass is 9.37. The van der Waals surface area contributed by atoms with Crippen LogP contribution in [0, 0.1) is 0 Å². The molecule has 244 valence electrons. The number of hydrogen-bond donors (Lipinski definition) is 0. The molecule has 0 saturated carbocycles. The van der Waals surface area contributed by atoms with Gasteiger partial charge in [-0.15, -0.1) is 0 Å². The lowest BCUT2D eigenvalue weighted by Crippen LogP contribution is -2.54. The second-order valence-corrected chi connectivity index (χ2v) is 14.3.